The molecule has 0 aliphatic carbocycles. The highest BCUT2D eigenvalue weighted by atomic mass is 35.5. The third-order valence-electron chi connectivity index (χ3n) is 3.24. The largest absolute Gasteiger partial charge is 0.338 e. The van der Waals surface area contributed by atoms with Gasteiger partial charge in [0, 0.05) is 37.3 Å². The van der Waals surface area contributed by atoms with E-state index in [4.69, 9.17) is 11.6 Å². The summed E-state index contributed by atoms with van der Waals surface area (Å²) in [6.07, 6.45) is 0. The van der Waals surface area contributed by atoms with Crippen LogP contribution in [0.25, 0.3) is 0 Å². The molecule has 0 atom stereocenters. The van der Waals surface area contributed by atoms with Crippen LogP contribution in [0.15, 0.2) is 35.4 Å². The molecule has 1 aromatic carbocycles. The van der Waals surface area contributed by atoms with Crippen molar-refractivity contribution >= 4 is 17.5 Å². The van der Waals surface area contributed by atoms with E-state index >= 15 is 0 Å². The van der Waals surface area contributed by atoms with E-state index in [0.29, 0.717) is 11.6 Å². The van der Waals surface area contributed by atoms with Gasteiger partial charge < -0.3 is 10.2 Å². The van der Waals surface area contributed by atoms with Crippen molar-refractivity contribution < 1.29 is 4.79 Å². The van der Waals surface area contributed by atoms with Gasteiger partial charge in [-0.15, -0.1) is 0 Å². The van der Waals surface area contributed by atoms with Gasteiger partial charge in [-0.2, -0.15) is 0 Å². The zero-order valence-electron chi connectivity index (χ0n) is 10.7. The molecule has 0 saturated carbocycles. The molecule has 4 heteroatoms. The number of nitrogens with zero attached hydrogens (tertiary/aromatic N) is 1. The summed E-state index contributed by atoms with van der Waals surface area (Å²) in [7, 11) is 1.81. The topological polar surface area (TPSA) is 32.3 Å². The van der Waals surface area contributed by atoms with Gasteiger partial charge in [0.1, 0.15) is 0 Å². The van der Waals surface area contributed by atoms with Crippen molar-refractivity contribution in [3.05, 3.63) is 46.0 Å². The third kappa shape index (κ3) is 2.74. The van der Waals surface area contributed by atoms with Crippen molar-refractivity contribution in [2.75, 3.05) is 20.1 Å². The van der Waals surface area contributed by atoms with E-state index in [1.807, 2.05) is 38.2 Å². The summed E-state index contributed by atoms with van der Waals surface area (Å²) in [4.78, 5) is 13.9. The minimum atomic E-state index is 0.0754. The summed E-state index contributed by atoms with van der Waals surface area (Å²) >= 11 is 6.09. The van der Waals surface area contributed by atoms with E-state index < -0.39 is 0 Å². The second-order valence-electron chi connectivity index (χ2n) is 4.58. The maximum Gasteiger partial charge on any atom is 0.249 e. The highest BCUT2D eigenvalue weighted by molar-refractivity contribution is 6.31. The van der Waals surface area contributed by atoms with Crippen LogP contribution in [0, 0.1) is 0 Å². The summed E-state index contributed by atoms with van der Waals surface area (Å²) in [5, 5.41) is 3.85. The average Bonchev–Trinajstić information content (AvgIpc) is 2.28. The molecule has 1 amide bonds. The van der Waals surface area contributed by atoms with Gasteiger partial charge in [-0.3, -0.25) is 4.79 Å². The predicted octanol–water partition coefficient (Wildman–Crippen LogP) is 2.22. The number of hydrogen-bond acceptors (Lipinski definition) is 2. The fourth-order valence-corrected chi connectivity index (χ4v) is 2.10. The lowest BCUT2D eigenvalue weighted by atomic mass is 10.0. The van der Waals surface area contributed by atoms with E-state index in [2.05, 4.69) is 5.32 Å². The molecule has 0 spiro atoms. The van der Waals surface area contributed by atoms with E-state index in [-0.39, 0.29) is 5.91 Å². The summed E-state index contributed by atoms with van der Waals surface area (Å²) in [5.74, 6) is 0.0754. The van der Waals surface area contributed by atoms with Gasteiger partial charge in [-0.1, -0.05) is 29.8 Å². The molecule has 96 valence electrons. The first-order valence-electron chi connectivity index (χ1n) is 5.98. The molecular weight excluding hydrogens is 248 g/mol. The molecule has 2 rings (SSSR count). The van der Waals surface area contributed by atoms with Crippen molar-refractivity contribution in [3.8, 4) is 0 Å². The molecule has 1 aliphatic heterocycles. The summed E-state index contributed by atoms with van der Waals surface area (Å²) in [6, 6.07) is 7.61. The Bertz CT molecular complexity index is 490. The SMILES string of the molecule is CC(C(=O)N(C)Cc1ccccc1Cl)=C1CNC1. The van der Waals surface area contributed by atoms with Crippen molar-refractivity contribution in [2.24, 2.45) is 0 Å². The molecule has 0 radical (unpaired) electrons. The number of likely N-dealkylation sites (N-methyl/N-ethyl adjacent to an activating group) is 1. The molecule has 18 heavy (non-hydrogen) atoms. The van der Waals surface area contributed by atoms with Crippen LogP contribution in [-0.2, 0) is 11.3 Å². The normalized spacial score (nSPS) is 14.1. The molecule has 1 heterocycles. The van der Waals surface area contributed by atoms with Gasteiger partial charge in [-0.25, -0.2) is 0 Å². The van der Waals surface area contributed by atoms with Gasteiger partial charge in [-0.05, 0) is 24.1 Å². The van der Waals surface area contributed by atoms with Crippen molar-refractivity contribution in [2.45, 2.75) is 13.5 Å². The lowest BCUT2D eigenvalue weighted by Crippen LogP contribution is -2.38. The number of amides is 1. The fraction of sp³-hybridized carbons (Fsp3) is 0.357. The highest BCUT2D eigenvalue weighted by Crippen LogP contribution is 2.18. The average molecular weight is 265 g/mol. The van der Waals surface area contributed by atoms with Crippen LogP contribution in [0.5, 0.6) is 0 Å². The van der Waals surface area contributed by atoms with Crippen LogP contribution in [0.1, 0.15) is 12.5 Å². The Morgan fingerprint density at radius 1 is 1.39 bits per heavy atom. The van der Waals surface area contributed by atoms with Crippen molar-refractivity contribution in [1.82, 2.24) is 10.2 Å². The fourth-order valence-electron chi connectivity index (χ4n) is 1.91. The summed E-state index contributed by atoms with van der Waals surface area (Å²) < 4.78 is 0. The number of nitrogens with one attached hydrogen (secondary N) is 1. The van der Waals surface area contributed by atoms with E-state index in [9.17, 15) is 4.79 Å². The second-order valence-corrected chi connectivity index (χ2v) is 4.99. The Kier molecular flexibility index (Phi) is 4.04. The molecule has 1 fully saturated rings. The smallest absolute Gasteiger partial charge is 0.249 e. The van der Waals surface area contributed by atoms with E-state index in [1.54, 1.807) is 4.90 Å². The van der Waals surface area contributed by atoms with Gasteiger partial charge in [0.25, 0.3) is 0 Å². The standard InChI is InChI=1S/C14H17ClN2O/c1-10(12-7-16-8-12)14(18)17(2)9-11-5-3-4-6-13(11)15/h3-6,16H,7-9H2,1-2H3. The maximum atomic E-state index is 12.2. The quantitative estimate of drug-likeness (QED) is 0.849. The zero-order chi connectivity index (χ0) is 13.1. The van der Waals surface area contributed by atoms with Crippen molar-refractivity contribution in [1.29, 1.82) is 0 Å². The number of carbonyl (C=O) groups excluding carboxylic acids is 1. The van der Waals surface area contributed by atoms with Gasteiger partial charge in [0.2, 0.25) is 5.91 Å². The van der Waals surface area contributed by atoms with E-state index in [0.717, 1.165) is 24.2 Å². The first-order valence-corrected chi connectivity index (χ1v) is 6.35. The maximum absolute atomic E-state index is 12.2. The third-order valence-corrected chi connectivity index (χ3v) is 3.61. The van der Waals surface area contributed by atoms with Gasteiger partial charge in [0.05, 0.1) is 0 Å². The van der Waals surface area contributed by atoms with Crippen LogP contribution in [0.2, 0.25) is 5.02 Å². The molecule has 0 bridgehead atoms. The second kappa shape index (κ2) is 5.55. The first-order chi connectivity index (χ1) is 8.59. The zero-order valence-corrected chi connectivity index (χ0v) is 11.4. The minimum absolute atomic E-state index is 0.0754. The summed E-state index contributed by atoms with van der Waals surface area (Å²) in [5.41, 5.74) is 3.02. The van der Waals surface area contributed by atoms with Gasteiger partial charge in [0.15, 0.2) is 0 Å². The Morgan fingerprint density at radius 3 is 2.61 bits per heavy atom. The van der Waals surface area contributed by atoms with Crippen LogP contribution in [-0.4, -0.2) is 30.9 Å². The predicted molar refractivity (Wildman–Crippen MR) is 73.5 cm³/mol. The Balaban J connectivity index is 2.06. The lowest BCUT2D eigenvalue weighted by molar-refractivity contribution is -0.126. The molecule has 1 aliphatic rings. The lowest BCUT2D eigenvalue weighted by Gasteiger charge is -2.25. The molecule has 1 saturated heterocycles. The molecule has 3 nitrogen and oxygen atoms in total. The number of rotatable bonds is 3. The van der Waals surface area contributed by atoms with Gasteiger partial charge >= 0.3 is 0 Å². The first kappa shape index (κ1) is 13.1. The van der Waals surface area contributed by atoms with Crippen LogP contribution in [0.3, 0.4) is 0 Å². The molecular formula is C14H17ClN2O. The monoisotopic (exact) mass is 264 g/mol. The molecule has 1 N–H and O–H groups in total. The Labute approximate surface area is 112 Å². The number of benzene rings is 1. The molecule has 1 aromatic rings. The summed E-state index contributed by atoms with van der Waals surface area (Å²) in [6.45, 7) is 4.09. The number of halogens is 1. The van der Waals surface area contributed by atoms with Crippen LogP contribution < -0.4 is 5.32 Å². The highest BCUT2D eigenvalue weighted by Gasteiger charge is 2.19. The van der Waals surface area contributed by atoms with E-state index in [1.165, 1.54) is 5.57 Å². The molecule has 0 aromatic heterocycles. The minimum Gasteiger partial charge on any atom is -0.338 e. The number of hydrogen-bond donors (Lipinski definition) is 1. The Hall–Kier alpha value is -1.32. The number of carbonyl (C=O) groups is 1. The van der Waals surface area contributed by atoms with Crippen LogP contribution >= 0.6 is 11.6 Å². The van der Waals surface area contributed by atoms with Crippen molar-refractivity contribution in [3.63, 3.8) is 0 Å². The van der Waals surface area contributed by atoms with Crippen LogP contribution in [0.4, 0.5) is 0 Å². The molecule has 0 unspecified atom stereocenters. The Morgan fingerprint density at radius 2 is 2.06 bits per heavy atom.